The molecule has 0 saturated carbocycles. The summed E-state index contributed by atoms with van der Waals surface area (Å²) < 4.78 is 4.78. The predicted octanol–water partition coefficient (Wildman–Crippen LogP) is 2.85. The molecule has 2 rings (SSSR count). The van der Waals surface area contributed by atoms with Gasteiger partial charge in [-0.3, -0.25) is 0 Å². The maximum atomic E-state index is 11.3. The molecule has 0 fully saturated rings. The fraction of sp³-hybridized carbons (Fsp3) is 0.100. The second kappa shape index (κ2) is 3.64. The number of hydrogen-bond donors (Lipinski definition) is 0. The van der Waals surface area contributed by atoms with Gasteiger partial charge in [-0.05, 0) is 6.07 Å². The van der Waals surface area contributed by atoms with E-state index in [1.54, 1.807) is 24.3 Å². The number of rotatable bonds is 1. The minimum absolute atomic E-state index is 0.140. The molecular formula is C10H6Cl2O2. The molecule has 0 unspecified atom stereocenters. The summed E-state index contributed by atoms with van der Waals surface area (Å²) in [5.41, 5.74) is 0.999. The predicted molar refractivity (Wildman–Crippen MR) is 55.2 cm³/mol. The highest BCUT2D eigenvalue weighted by Gasteiger charge is 2.26. The largest absolute Gasteiger partial charge is 0.456 e. The van der Waals surface area contributed by atoms with E-state index in [2.05, 4.69) is 0 Å². The first-order valence-electron chi connectivity index (χ1n) is 4.01. The van der Waals surface area contributed by atoms with Crippen LogP contribution in [0.15, 0.2) is 29.3 Å². The van der Waals surface area contributed by atoms with Crippen LogP contribution in [0.4, 0.5) is 0 Å². The molecule has 0 spiro atoms. The summed E-state index contributed by atoms with van der Waals surface area (Å²) in [4.78, 5) is 11.3. The van der Waals surface area contributed by atoms with Crippen LogP contribution < -0.4 is 0 Å². The number of halogens is 2. The van der Waals surface area contributed by atoms with Gasteiger partial charge < -0.3 is 4.74 Å². The van der Waals surface area contributed by atoms with Crippen molar-refractivity contribution in [3.63, 3.8) is 0 Å². The van der Waals surface area contributed by atoms with Crippen molar-refractivity contribution in [1.82, 2.24) is 0 Å². The van der Waals surface area contributed by atoms with Crippen LogP contribution in [0.3, 0.4) is 0 Å². The molecule has 1 aliphatic heterocycles. The molecule has 0 N–H and O–H groups in total. The Bertz CT molecular complexity index is 424. The van der Waals surface area contributed by atoms with E-state index < -0.39 is 5.97 Å². The maximum absolute atomic E-state index is 11.3. The second-order valence-electron chi connectivity index (χ2n) is 2.84. The molecule has 14 heavy (non-hydrogen) atoms. The van der Waals surface area contributed by atoms with E-state index in [9.17, 15) is 4.79 Å². The first-order chi connectivity index (χ1) is 6.70. The van der Waals surface area contributed by atoms with Crippen molar-refractivity contribution in [3.05, 3.63) is 39.9 Å². The van der Waals surface area contributed by atoms with E-state index in [4.69, 9.17) is 27.9 Å². The molecule has 1 aromatic carbocycles. The molecule has 0 atom stereocenters. The third-order valence-electron chi connectivity index (χ3n) is 1.95. The van der Waals surface area contributed by atoms with E-state index >= 15 is 0 Å². The second-order valence-corrected chi connectivity index (χ2v) is 3.70. The number of cyclic esters (lactones) is 1. The summed E-state index contributed by atoms with van der Waals surface area (Å²) in [6.45, 7) is 0.140. The van der Waals surface area contributed by atoms with Gasteiger partial charge >= 0.3 is 5.97 Å². The monoisotopic (exact) mass is 228 g/mol. The van der Waals surface area contributed by atoms with Gasteiger partial charge in [-0.15, -0.1) is 0 Å². The Morgan fingerprint density at radius 3 is 2.50 bits per heavy atom. The van der Waals surface area contributed by atoms with Gasteiger partial charge in [0.05, 0.1) is 10.6 Å². The number of benzene rings is 1. The molecule has 0 amide bonds. The zero-order chi connectivity index (χ0) is 10.1. The van der Waals surface area contributed by atoms with Crippen LogP contribution in [-0.4, -0.2) is 12.6 Å². The SMILES string of the molecule is O=C1OCC(Cl)=C1c1ccccc1Cl. The molecule has 1 aliphatic rings. The van der Waals surface area contributed by atoms with Gasteiger partial charge in [0, 0.05) is 10.6 Å². The molecule has 0 aromatic heterocycles. The zero-order valence-corrected chi connectivity index (χ0v) is 8.60. The Labute approximate surface area is 91.1 Å². The summed E-state index contributed by atoms with van der Waals surface area (Å²) in [6.07, 6.45) is 0. The molecular weight excluding hydrogens is 223 g/mol. The lowest BCUT2D eigenvalue weighted by atomic mass is 10.1. The smallest absolute Gasteiger partial charge is 0.340 e. The standard InChI is InChI=1S/C10H6Cl2O2/c11-7-4-2-1-3-6(7)9-8(12)5-14-10(9)13/h1-4H,5H2. The first kappa shape index (κ1) is 9.56. The molecule has 0 bridgehead atoms. The van der Waals surface area contributed by atoms with Gasteiger partial charge in [-0.25, -0.2) is 4.79 Å². The van der Waals surface area contributed by atoms with Crippen molar-refractivity contribution in [2.75, 3.05) is 6.61 Å². The third-order valence-corrected chi connectivity index (χ3v) is 2.58. The highest BCUT2D eigenvalue weighted by Crippen LogP contribution is 2.32. The Morgan fingerprint density at radius 2 is 1.93 bits per heavy atom. The van der Waals surface area contributed by atoms with Crippen LogP contribution in [0.5, 0.6) is 0 Å². The van der Waals surface area contributed by atoms with Crippen molar-refractivity contribution in [2.24, 2.45) is 0 Å². The van der Waals surface area contributed by atoms with Gasteiger partial charge in [0.15, 0.2) is 0 Å². The molecule has 0 saturated heterocycles. The minimum Gasteiger partial charge on any atom is -0.456 e. The van der Waals surface area contributed by atoms with Crippen LogP contribution in [0, 0.1) is 0 Å². The maximum Gasteiger partial charge on any atom is 0.340 e. The van der Waals surface area contributed by atoms with E-state index in [1.165, 1.54) is 0 Å². The normalized spacial score (nSPS) is 16.0. The molecule has 1 aromatic rings. The van der Waals surface area contributed by atoms with Crippen molar-refractivity contribution in [2.45, 2.75) is 0 Å². The van der Waals surface area contributed by atoms with Crippen LogP contribution in [0.1, 0.15) is 5.56 Å². The topological polar surface area (TPSA) is 26.3 Å². The zero-order valence-electron chi connectivity index (χ0n) is 7.09. The molecule has 2 nitrogen and oxygen atoms in total. The first-order valence-corrected chi connectivity index (χ1v) is 4.76. The Hall–Kier alpha value is -0.990. The van der Waals surface area contributed by atoms with Crippen LogP contribution in [-0.2, 0) is 9.53 Å². The molecule has 0 radical (unpaired) electrons. The van der Waals surface area contributed by atoms with Crippen LogP contribution in [0.2, 0.25) is 5.02 Å². The van der Waals surface area contributed by atoms with Crippen molar-refractivity contribution in [3.8, 4) is 0 Å². The van der Waals surface area contributed by atoms with Gasteiger partial charge in [-0.1, -0.05) is 41.4 Å². The van der Waals surface area contributed by atoms with Gasteiger partial charge in [0.25, 0.3) is 0 Å². The number of carbonyl (C=O) groups excluding carboxylic acids is 1. The van der Waals surface area contributed by atoms with Gasteiger partial charge in [0.1, 0.15) is 6.61 Å². The lowest BCUT2D eigenvalue weighted by Crippen LogP contribution is -1.98. The highest BCUT2D eigenvalue weighted by molar-refractivity contribution is 6.42. The lowest BCUT2D eigenvalue weighted by molar-refractivity contribution is -0.133. The Kier molecular flexibility index (Phi) is 2.48. The van der Waals surface area contributed by atoms with E-state index in [1.807, 2.05) is 0 Å². The molecule has 4 heteroatoms. The highest BCUT2D eigenvalue weighted by atomic mass is 35.5. The summed E-state index contributed by atoms with van der Waals surface area (Å²) >= 11 is 11.8. The van der Waals surface area contributed by atoms with Crippen molar-refractivity contribution < 1.29 is 9.53 Å². The van der Waals surface area contributed by atoms with Gasteiger partial charge in [-0.2, -0.15) is 0 Å². The summed E-state index contributed by atoms with van der Waals surface area (Å²) in [5.74, 6) is -0.414. The average molecular weight is 229 g/mol. The Morgan fingerprint density at radius 1 is 1.21 bits per heavy atom. The van der Waals surface area contributed by atoms with Crippen molar-refractivity contribution >= 4 is 34.7 Å². The van der Waals surface area contributed by atoms with E-state index in [0.717, 1.165) is 0 Å². The summed E-state index contributed by atoms with van der Waals surface area (Å²) in [7, 11) is 0. The third kappa shape index (κ3) is 1.51. The molecule has 72 valence electrons. The van der Waals surface area contributed by atoms with Crippen LogP contribution >= 0.6 is 23.2 Å². The van der Waals surface area contributed by atoms with Gasteiger partial charge in [0.2, 0.25) is 0 Å². The fourth-order valence-electron chi connectivity index (χ4n) is 1.30. The number of esters is 1. The van der Waals surface area contributed by atoms with E-state index in [-0.39, 0.29) is 6.61 Å². The lowest BCUT2D eigenvalue weighted by Gasteiger charge is -2.02. The fourth-order valence-corrected chi connectivity index (χ4v) is 1.77. The Balaban J connectivity index is 2.55. The van der Waals surface area contributed by atoms with Crippen molar-refractivity contribution in [1.29, 1.82) is 0 Å². The number of ether oxygens (including phenoxy) is 1. The summed E-state index contributed by atoms with van der Waals surface area (Å²) in [5, 5.41) is 0.905. The minimum atomic E-state index is -0.414. The van der Waals surface area contributed by atoms with E-state index in [0.29, 0.717) is 21.2 Å². The van der Waals surface area contributed by atoms with Crippen LogP contribution in [0.25, 0.3) is 5.57 Å². The number of hydrogen-bond acceptors (Lipinski definition) is 2. The quantitative estimate of drug-likeness (QED) is 0.692. The molecule has 1 heterocycles. The molecule has 0 aliphatic carbocycles. The summed E-state index contributed by atoms with van der Waals surface area (Å²) in [6, 6.07) is 7.04. The number of carbonyl (C=O) groups is 1. The average Bonchev–Trinajstić information content (AvgIpc) is 2.48.